The van der Waals surface area contributed by atoms with Crippen LogP contribution >= 0.6 is 0 Å². The van der Waals surface area contributed by atoms with Crippen molar-refractivity contribution in [3.8, 4) is 0 Å². The summed E-state index contributed by atoms with van der Waals surface area (Å²) in [6.45, 7) is 2.75. The first-order valence-corrected chi connectivity index (χ1v) is 6.40. The van der Waals surface area contributed by atoms with Gasteiger partial charge < -0.3 is 20.0 Å². The SMILES string of the molecule is Nc1nc(C(=O)N2CCN(c3ccccn3)CC2)co1. The Morgan fingerprint density at radius 2 is 2.05 bits per heavy atom. The molecule has 7 nitrogen and oxygen atoms in total. The van der Waals surface area contributed by atoms with Crippen LogP contribution in [0, 0.1) is 0 Å². The average molecular weight is 273 g/mol. The number of carbonyl (C=O) groups excluding carboxylic acids is 1. The van der Waals surface area contributed by atoms with Crippen molar-refractivity contribution in [2.75, 3.05) is 36.8 Å². The van der Waals surface area contributed by atoms with Crippen molar-refractivity contribution in [1.29, 1.82) is 0 Å². The van der Waals surface area contributed by atoms with Gasteiger partial charge in [0.1, 0.15) is 12.1 Å². The molecule has 7 heteroatoms. The van der Waals surface area contributed by atoms with E-state index in [1.54, 1.807) is 11.1 Å². The minimum absolute atomic E-state index is 0.0143. The maximum absolute atomic E-state index is 12.2. The van der Waals surface area contributed by atoms with E-state index in [2.05, 4.69) is 14.9 Å². The number of pyridine rings is 1. The summed E-state index contributed by atoms with van der Waals surface area (Å²) in [7, 11) is 0. The molecule has 2 N–H and O–H groups in total. The highest BCUT2D eigenvalue weighted by atomic mass is 16.4. The zero-order valence-electron chi connectivity index (χ0n) is 10.9. The number of oxazole rings is 1. The van der Waals surface area contributed by atoms with E-state index >= 15 is 0 Å². The van der Waals surface area contributed by atoms with Crippen LogP contribution in [-0.4, -0.2) is 47.0 Å². The molecule has 0 bridgehead atoms. The number of aromatic nitrogens is 2. The Morgan fingerprint density at radius 3 is 2.65 bits per heavy atom. The molecule has 1 amide bonds. The van der Waals surface area contributed by atoms with Crippen LogP contribution in [0.2, 0.25) is 0 Å². The van der Waals surface area contributed by atoms with Crippen LogP contribution in [0.1, 0.15) is 10.5 Å². The van der Waals surface area contributed by atoms with E-state index < -0.39 is 0 Å². The van der Waals surface area contributed by atoms with Crippen LogP contribution in [-0.2, 0) is 0 Å². The van der Waals surface area contributed by atoms with Crippen LogP contribution in [0.15, 0.2) is 35.1 Å². The molecular weight excluding hydrogens is 258 g/mol. The summed E-state index contributed by atoms with van der Waals surface area (Å²) in [5.74, 6) is 0.788. The molecule has 0 aliphatic carbocycles. The number of carbonyl (C=O) groups is 1. The summed E-state index contributed by atoms with van der Waals surface area (Å²) < 4.78 is 4.87. The normalized spacial score (nSPS) is 15.4. The lowest BCUT2D eigenvalue weighted by Crippen LogP contribution is -2.49. The summed E-state index contributed by atoms with van der Waals surface area (Å²) >= 11 is 0. The van der Waals surface area contributed by atoms with Gasteiger partial charge in [0.2, 0.25) is 0 Å². The number of rotatable bonds is 2. The minimum Gasteiger partial charge on any atom is -0.431 e. The molecule has 104 valence electrons. The quantitative estimate of drug-likeness (QED) is 0.862. The predicted molar refractivity (Wildman–Crippen MR) is 73.3 cm³/mol. The Bertz CT molecular complexity index is 590. The molecule has 1 fully saturated rings. The third kappa shape index (κ3) is 2.42. The Kier molecular flexibility index (Phi) is 3.24. The van der Waals surface area contributed by atoms with E-state index in [0.29, 0.717) is 13.1 Å². The Balaban J connectivity index is 1.63. The number of piperazine rings is 1. The highest BCUT2D eigenvalue weighted by Crippen LogP contribution is 2.14. The molecule has 20 heavy (non-hydrogen) atoms. The number of nitrogens with zero attached hydrogens (tertiary/aromatic N) is 4. The van der Waals surface area contributed by atoms with Crippen molar-refractivity contribution in [2.45, 2.75) is 0 Å². The third-order valence-electron chi connectivity index (χ3n) is 3.28. The van der Waals surface area contributed by atoms with Gasteiger partial charge in [-0.2, -0.15) is 4.98 Å². The molecule has 0 spiro atoms. The van der Waals surface area contributed by atoms with Crippen LogP contribution in [0.5, 0.6) is 0 Å². The van der Waals surface area contributed by atoms with Crippen LogP contribution < -0.4 is 10.6 Å². The summed E-state index contributed by atoms with van der Waals surface area (Å²) in [4.78, 5) is 24.2. The zero-order chi connectivity index (χ0) is 13.9. The van der Waals surface area contributed by atoms with E-state index in [9.17, 15) is 4.79 Å². The number of anilines is 2. The fourth-order valence-corrected chi connectivity index (χ4v) is 2.23. The fraction of sp³-hybridized carbons (Fsp3) is 0.308. The van der Waals surface area contributed by atoms with Crippen LogP contribution in [0.4, 0.5) is 11.8 Å². The first kappa shape index (κ1) is 12.5. The fourth-order valence-electron chi connectivity index (χ4n) is 2.23. The number of nitrogens with two attached hydrogens (primary N) is 1. The monoisotopic (exact) mass is 273 g/mol. The molecule has 0 radical (unpaired) electrons. The second kappa shape index (κ2) is 5.20. The maximum Gasteiger partial charge on any atom is 0.292 e. The van der Waals surface area contributed by atoms with E-state index in [0.717, 1.165) is 18.9 Å². The van der Waals surface area contributed by atoms with Gasteiger partial charge >= 0.3 is 0 Å². The third-order valence-corrected chi connectivity index (χ3v) is 3.28. The van der Waals surface area contributed by atoms with Crippen molar-refractivity contribution in [1.82, 2.24) is 14.9 Å². The Hall–Kier alpha value is -2.57. The molecular formula is C13H15N5O2. The number of hydrogen-bond acceptors (Lipinski definition) is 6. The van der Waals surface area contributed by atoms with Crippen molar-refractivity contribution in [2.24, 2.45) is 0 Å². The van der Waals surface area contributed by atoms with Crippen LogP contribution in [0.3, 0.4) is 0 Å². The number of nitrogen functional groups attached to an aromatic ring is 1. The minimum atomic E-state index is -0.147. The molecule has 3 heterocycles. The lowest BCUT2D eigenvalue weighted by molar-refractivity contribution is 0.0740. The summed E-state index contributed by atoms with van der Waals surface area (Å²) in [6, 6.07) is 5.83. The standard InChI is InChI=1S/C13H15N5O2/c14-13-16-10(9-20-13)12(19)18-7-5-17(6-8-18)11-3-1-2-4-15-11/h1-4,9H,5-8H2,(H2,14,16). The van der Waals surface area contributed by atoms with Gasteiger partial charge in [-0.25, -0.2) is 4.98 Å². The lowest BCUT2D eigenvalue weighted by atomic mass is 10.3. The first-order valence-electron chi connectivity index (χ1n) is 6.40. The van der Waals surface area contributed by atoms with E-state index in [1.165, 1.54) is 6.26 Å². The molecule has 0 atom stereocenters. The highest BCUT2D eigenvalue weighted by Gasteiger charge is 2.24. The van der Waals surface area contributed by atoms with Crippen molar-refractivity contribution >= 4 is 17.7 Å². The van der Waals surface area contributed by atoms with Crippen molar-refractivity contribution in [3.05, 3.63) is 36.4 Å². The summed E-state index contributed by atoms with van der Waals surface area (Å²) in [6.07, 6.45) is 3.06. The van der Waals surface area contributed by atoms with Gasteiger partial charge in [-0.15, -0.1) is 0 Å². The average Bonchev–Trinajstić information content (AvgIpc) is 2.94. The topological polar surface area (TPSA) is 88.5 Å². The summed E-state index contributed by atoms with van der Waals surface area (Å²) in [5.41, 5.74) is 5.64. The van der Waals surface area contributed by atoms with E-state index in [1.807, 2.05) is 18.2 Å². The largest absolute Gasteiger partial charge is 0.431 e. The molecule has 0 unspecified atom stereocenters. The molecule has 3 rings (SSSR count). The lowest BCUT2D eigenvalue weighted by Gasteiger charge is -2.34. The number of amides is 1. The Morgan fingerprint density at radius 1 is 1.25 bits per heavy atom. The smallest absolute Gasteiger partial charge is 0.292 e. The van der Waals surface area contributed by atoms with Gasteiger partial charge in [-0.3, -0.25) is 4.79 Å². The van der Waals surface area contributed by atoms with Gasteiger partial charge in [0.05, 0.1) is 0 Å². The molecule has 0 aromatic carbocycles. The molecule has 1 saturated heterocycles. The van der Waals surface area contributed by atoms with Gasteiger partial charge in [0.25, 0.3) is 11.9 Å². The summed E-state index contributed by atoms with van der Waals surface area (Å²) in [5, 5.41) is 0. The highest BCUT2D eigenvalue weighted by molar-refractivity contribution is 5.92. The molecule has 1 aliphatic rings. The molecule has 2 aromatic heterocycles. The first-order chi connectivity index (χ1) is 9.74. The van der Waals surface area contributed by atoms with Crippen molar-refractivity contribution in [3.63, 3.8) is 0 Å². The number of hydrogen-bond donors (Lipinski definition) is 1. The Labute approximate surface area is 116 Å². The second-order valence-electron chi connectivity index (χ2n) is 4.54. The van der Waals surface area contributed by atoms with Gasteiger partial charge in [0, 0.05) is 32.4 Å². The van der Waals surface area contributed by atoms with Gasteiger partial charge in [-0.05, 0) is 12.1 Å². The van der Waals surface area contributed by atoms with Gasteiger partial charge in [-0.1, -0.05) is 6.07 Å². The van der Waals surface area contributed by atoms with Crippen molar-refractivity contribution < 1.29 is 9.21 Å². The second-order valence-corrected chi connectivity index (χ2v) is 4.54. The van der Waals surface area contributed by atoms with E-state index in [4.69, 9.17) is 10.2 Å². The maximum atomic E-state index is 12.2. The van der Waals surface area contributed by atoms with Crippen LogP contribution in [0.25, 0.3) is 0 Å². The predicted octanol–water partition coefficient (Wildman–Crippen LogP) is 0.614. The molecule has 0 saturated carbocycles. The van der Waals surface area contributed by atoms with Gasteiger partial charge in [0.15, 0.2) is 5.69 Å². The van der Waals surface area contributed by atoms with E-state index in [-0.39, 0.29) is 17.6 Å². The molecule has 2 aromatic rings. The molecule has 1 aliphatic heterocycles. The zero-order valence-corrected chi connectivity index (χ0v) is 10.9.